The molecule has 0 bridgehead atoms. The highest BCUT2D eigenvalue weighted by molar-refractivity contribution is 6.31. The number of carbonyl (C=O) groups is 2. The number of nitrogens with zero attached hydrogens (tertiary/aromatic N) is 1. The van der Waals surface area contributed by atoms with Crippen molar-refractivity contribution in [3.63, 3.8) is 0 Å². The Morgan fingerprint density at radius 2 is 2.16 bits per heavy atom. The summed E-state index contributed by atoms with van der Waals surface area (Å²) in [5.74, 6) is -0.815. The first-order valence-corrected chi connectivity index (χ1v) is 6.32. The Hall–Kier alpha value is -1.59. The highest BCUT2D eigenvalue weighted by Crippen LogP contribution is 2.18. The first kappa shape index (κ1) is 13.8. The number of benzene rings is 1. The van der Waals surface area contributed by atoms with Crippen molar-refractivity contribution in [2.24, 2.45) is 5.73 Å². The first-order chi connectivity index (χ1) is 8.99. The van der Waals surface area contributed by atoms with E-state index < -0.39 is 11.9 Å². The summed E-state index contributed by atoms with van der Waals surface area (Å²) in [6.45, 7) is 2.74. The van der Waals surface area contributed by atoms with Crippen LogP contribution >= 0.6 is 11.6 Å². The third-order valence-electron chi connectivity index (χ3n) is 3.01. The first-order valence-electron chi connectivity index (χ1n) is 5.94. The van der Waals surface area contributed by atoms with Gasteiger partial charge < -0.3 is 15.4 Å². The van der Waals surface area contributed by atoms with Crippen molar-refractivity contribution in [3.8, 4) is 0 Å². The predicted molar refractivity (Wildman–Crippen MR) is 71.0 cm³/mol. The lowest BCUT2D eigenvalue weighted by atomic mass is 10.1. The lowest BCUT2D eigenvalue weighted by Gasteiger charge is -2.33. The van der Waals surface area contributed by atoms with E-state index in [1.165, 1.54) is 4.90 Å². The van der Waals surface area contributed by atoms with E-state index >= 15 is 0 Å². The molecule has 1 aliphatic rings. The number of morpholine rings is 1. The minimum Gasteiger partial charge on any atom is -0.377 e. The molecule has 1 fully saturated rings. The molecule has 1 saturated heterocycles. The van der Waals surface area contributed by atoms with E-state index in [1.54, 1.807) is 18.2 Å². The van der Waals surface area contributed by atoms with Crippen LogP contribution < -0.4 is 5.73 Å². The van der Waals surface area contributed by atoms with Crippen LogP contribution in [-0.4, -0.2) is 42.5 Å². The summed E-state index contributed by atoms with van der Waals surface area (Å²) in [6, 6.07) is 4.37. The smallest absolute Gasteiger partial charge is 0.254 e. The van der Waals surface area contributed by atoms with Crippen LogP contribution in [-0.2, 0) is 9.53 Å². The molecule has 1 aliphatic heterocycles. The van der Waals surface area contributed by atoms with Crippen molar-refractivity contribution >= 4 is 23.4 Å². The number of hydrogen-bond donors (Lipinski definition) is 1. The van der Waals surface area contributed by atoms with Gasteiger partial charge in [-0.1, -0.05) is 11.6 Å². The molecule has 0 unspecified atom stereocenters. The molecule has 2 N–H and O–H groups in total. The average Bonchev–Trinajstić information content (AvgIpc) is 2.36. The molecule has 0 radical (unpaired) electrons. The fraction of sp³-hybridized carbons (Fsp3) is 0.385. The van der Waals surface area contributed by atoms with Gasteiger partial charge in [0.2, 0.25) is 5.91 Å². The summed E-state index contributed by atoms with van der Waals surface area (Å²) in [5.41, 5.74) is 6.64. The van der Waals surface area contributed by atoms with Crippen LogP contribution in [0.4, 0.5) is 0 Å². The molecule has 0 aromatic heterocycles. The number of ether oxygens (including phenoxy) is 1. The number of primary amides is 1. The van der Waals surface area contributed by atoms with E-state index in [2.05, 4.69) is 0 Å². The lowest BCUT2D eigenvalue weighted by molar-refractivity contribution is -0.127. The maximum atomic E-state index is 12.4. The highest BCUT2D eigenvalue weighted by Gasteiger charge is 2.32. The molecule has 1 atom stereocenters. The minimum absolute atomic E-state index is 0.140. The second-order valence-electron chi connectivity index (χ2n) is 4.51. The van der Waals surface area contributed by atoms with Crippen LogP contribution in [0.1, 0.15) is 15.9 Å². The number of nitrogens with two attached hydrogens (primary N) is 1. The maximum absolute atomic E-state index is 12.4. The normalized spacial score (nSPS) is 19.3. The third kappa shape index (κ3) is 3.05. The number of amides is 2. The summed E-state index contributed by atoms with van der Waals surface area (Å²) in [6.07, 6.45) is 0. The van der Waals surface area contributed by atoms with E-state index in [0.29, 0.717) is 23.7 Å². The zero-order valence-corrected chi connectivity index (χ0v) is 11.3. The van der Waals surface area contributed by atoms with E-state index in [0.717, 1.165) is 5.56 Å². The standard InChI is InChI=1S/C13H15ClN2O3/c1-8-4-9(6-10(14)5-8)13(18)16-2-3-19-7-11(16)12(15)17/h4-6,11H,2-3,7H2,1H3,(H2,15,17)/t11-/m1/s1. The van der Waals surface area contributed by atoms with Gasteiger partial charge in [-0.2, -0.15) is 0 Å². The Morgan fingerprint density at radius 3 is 2.79 bits per heavy atom. The van der Waals surface area contributed by atoms with Gasteiger partial charge in [0.05, 0.1) is 13.2 Å². The number of hydrogen-bond acceptors (Lipinski definition) is 3. The van der Waals surface area contributed by atoms with Gasteiger partial charge in [0.25, 0.3) is 5.91 Å². The van der Waals surface area contributed by atoms with Crippen LogP contribution in [0.3, 0.4) is 0 Å². The molecular formula is C13H15ClN2O3. The summed E-state index contributed by atoms with van der Waals surface area (Å²) >= 11 is 5.94. The molecule has 1 aromatic carbocycles. The molecule has 1 aromatic rings. The van der Waals surface area contributed by atoms with Crippen molar-refractivity contribution in [1.29, 1.82) is 0 Å². The Morgan fingerprint density at radius 1 is 1.42 bits per heavy atom. The van der Waals surface area contributed by atoms with Crippen LogP contribution in [0, 0.1) is 6.92 Å². The second kappa shape index (κ2) is 5.59. The van der Waals surface area contributed by atoms with Gasteiger partial charge in [0.1, 0.15) is 6.04 Å². The second-order valence-corrected chi connectivity index (χ2v) is 4.95. The summed E-state index contributed by atoms with van der Waals surface area (Å²) in [4.78, 5) is 25.2. The largest absolute Gasteiger partial charge is 0.377 e. The Labute approximate surface area is 116 Å². The highest BCUT2D eigenvalue weighted by atomic mass is 35.5. The molecule has 5 nitrogen and oxygen atoms in total. The monoisotopic (exact) mass is 282 g/mol. The molecule has 1 heterocycles. The fourth-order valence-electron chi connectivity index (χ4n) is 2.11. The Bertz CT molecular complexity index is 498. The summed E-state index contributed by atoms with van der Waals surface area (Å²) in [7, 11) is 0. The molecule has 0 aliphatic carbocycles. The van der Waals surface area contributed by atoms with Crippen LogP contribution in [0.15, 0.2) is 18.2 Å². The van der Waals surface area contributed by atoms with Gasteiger partial charge >= 0.3 is 0 Å². The van der Waals surface area contributed by atoms with Crippen LogP contribution in [0.2, 0.25) is 5.02 Å². The molecule has 2 rings (SSSR count). The van der Waals surface area contributed by atoms with E-state index in [9.17, 15) is 9.59 Å². The third-order valence-corrected chi connectivity index (χ3v) is 3.23. The SMILES string of the molecule is Cc1cc(Cl)cc(C(=O)N2CCOC[C@@H]2C(N)=O)c1. The van der Waals surface area contributed by atoms with E-state index in [-0.39, 0.29) is 12.5 Å². The quantitative estimate of drug-likeness (QED) is 0.879. The lowest BCUT2D eigenvalue weighted by Crippen LogP contribution is -2.54. The van der Waals surface area contributed by atoms with Gasteiger partial charge in [-0.05, 0) is 30.7 Å². The zero-order valence-electron chi connectivity index (χ0n) is 10.6. The molecular weight excluding hydrogens is 268 g/mol. The van der Waals surface area contributed by atoms with Crippen molar-refractivity contribution in [1.82, 2.24) is 4.90 Å². The maximum Gasteiger partial charge on any atom is 0.254 e. The van der Waals surface area contributed by atoms with Gasteiger partial charge in [0, 0.05) is 17.1 Å². The minimum atomic E-state index is -0.722. The molecule has 19 heavy (non-hydrogen) atoms. The van der Waals surface area contributed by atoms with Crippen LogP contribution in [0.25, 0.3) is 0 Å². The summed E-state index contributed by atoms with van der Waals surface area (Å²) in [5, 5.41) is 0.493. The Kier molecular flexibility index (Phi) is 4.07. The average molecular weight is 283 g/mol. The molecule has 2 amide bonds. The number of carbonyl (C=O) groups excluding carboxylic acids is 2. The molecule has 102 valence electrons. The summed E-state index contributed by atoms with van der Waals surface area (Å²) < 4.78 is 5.19. The topological polar surface area (TPSA) is 72.6 Å². The van der Waals surface area contributed by atoms with Crippen molar-refractivity contribution in [2.75, 3.05) is 19.8 Å². The number of aryl methyl sites for hydroxylation is 1. The van der Waals surface area contributed by atoms with Crippen molar-refractivity contribution in [3.05, 3.63) is 34.3 Å². The number of halogens is 1. The molecule has 6 heteroatoms. The van der Waals surface area contributed by atoms with Gasteiger partial charge in [-0.15, -0.1) is 0 Å². The van der Waals surface area contributed by atoms with Gasteiger partial charge in [0.15, 0.2) is 0 Å². The number of rotatable bonds is 2. The fourth-order valence-corrected chi connectivity index (χ4v) is 2.40. The van der Waals surface area contributed by atoms with E-state index in [1.807, 2.05) is 6.92 Å². The van der Waals surface area contributed by atoms with E-state index in [4.69, 9.17) is 22.1 Å². The molecule has 0 spiro atoms. The van der Waals surface area contributed by atoms with Crippen molar-refractivity contribution in [2.45, 2.75) is 13.0 Å². The zero-order chi connectivity index (χ0) is 14.0. The molecule has 0 saturated carbocycles. The van der Waals surface area contributed by atoms with Crippen molar-refractivity contribution < 1.29 is 14.3 Å². The predicted octanol–water partition coefficient (Wildman–Crippen LogP) is 0.975. The Balaban J connectivity index is 2.28. The van der Waals surface area contributed by atoms with Crippen LogP contribution in [0.5, 0.6) is 0 Å². The van der Waals surface area contributed by atoms with Gasteiger partial charge in [-0.3, -0.25) is 9.59 Å². The van der Waals surface area contributed by atoms with Gasteiger partial charge in [-0.25, -0.2) is 0 Å².